The number of pyridine rings is 1. The first-order valence-corrected chi connectivity index (χ1v) is 8.33. The maximum atomic E-state index is 12.4. The quantitative estimate of drug-likeness (QED) is 0.793. The molecule has 1 aliphatic heterocycles. The maximum Gasteiger partial charge on any atom is 0.265 e. The second-order valence-electron chi connectivity index (χ2n) is 6.05. The number of nitrogens with one attached hydrogen (secondary N) is 1. The van der Waals surface area contributed by atoms with E-state index in [1.165, 1.54) is 0 Å². The Morgan fingerprint density at radius 3 is 2.72 bits per heavy atom. The Balaban J connectivity index is 1.36. The fourth-order valence-corrected chi connectivity index (χ4v) is 2.93. The first kappa shape index (κ1) is 15.5. The van der Waals surface area contributed by atoms with Gasteiger partial charge in [0.05, 0.1) is 5.69 Å². The van der Waals surface area contributed by atoms with Crippen LogP contribution in [0.3, 0.4) is 0 Å². The van der Waals surface area contributed by atoms with E-state index in [0.29, 0.717) is 24.5 Å². The van der Waals surface area contributed by atoms with Crippen molar-refractivity contribution in [2.45, 2.75) is 25.6 Å². The van der Waals surface area contributed by atoms with Crippen molar-refractivity contribution in [3.05, 3.63) is 60.6 Å². The summed E-state index contributed by atoms with van der Waals surface area (Å²) in [6.07, 6.45) is 3.59. The summed E-state index contributed by atoms with van der Waals surface area (Å²) >= 11 is 0. The Kier molecular flexibility index (Phi) is 4.01. The zero-order valence-electron chi connectivity index (χ0n) is 13.9. The van der Waals surface area contributed by atoms with Crippen LogP contribution in [0.15, 0.2) is 54.9 Å². The minimum absolute atomic E-state index is 0.175. The molecule has 1 aliphatic rings. The largest absolute Gasteiger partial charge is 0.482 e. The summed E-state index contributed by atoms with van der Waals surface area (Å²) in [6, 6.07) is 13.2. The molecule has 2 aromatic heterocycles. The molecule has 1 N–H and O–H groups in total. The highest BCUT2D eigenvalue weighted by atomic mass is 16.6. The van der Waals surface area contributed by atoms with Crippen molar-refractivity contribution in [1.29, 1.82) is 0 Å². The molecule has 0 fully saturated rings. The molecule has 6 heteroatoms. The molecule has 1 aromatic carbocycles. The number of benzene rings is 1. The molecular weight excluding hydrogens is 318 g/mol. The molecule has 3 aromatic rings. The number of para-hydroxylation sites is 2. The van der Waals surface area contributed by atoms with Gasteiger partial charge in [-0.15, -0.1) is 0 Å². The van der Waals surface area contributed by atoms with Crippen molar-refractivity contribution in [3.63, 3.8) is 0 Å². The molecule has 0 bridgehead atoms. The highest BCUT2D eigenvalue weighted by molar-refractivity contribution is 5.82. The van der Waals surface area contributed by atoms with E-state index in [1.807, 2.05) is 60.1 Å². The van der Waals surface area contributed by atoms with Gasteiger partial charge < -0.3 is 19.2 Å². The second-order valence-corrected chi connectivity index (χ2v) is 6.05. The molecule has 0 radical (unpaired) electrons. The van der Waals surface area contributed by atoms with Crippen molar-refractivity contribution in [2.24, 2.45) is 0 Å². The van der Waals surface area contributed by atoms with Gasteiger partial charge in [0.2, 0.25) is 6.10 Å². The zero-order valence-corrected chi connectivity index (χ0v) is 13.9. The van der Waals surface area contributed by atoms with Gasteiger partial charge in [-0.05, 0) is 31.2 Å². The highest BCUT2D eigenvalue weighted by Gasteiger charge is 2.33. The molecule has 1 amide bonds. The van der Waals surface area contributed by atoms with Crippen LogP contribution in [-0.2, 0) is 11.2 Å². The van der Waals surface area contributed by atoms with Crippen LogP contribution in [0.2, 0.25) is 0 Å². The third-order valence-corrected chi connectivity index (χ3v) is 4.19. The van der Waals surface area contributed by atoms with Gasteiger partial charge in [-0.1, -0.05) is 18.2 Å². The lowest BCUT2D eigenvalue weighted by Crippen LogP contribution is -2.49. The summed E-state index contributed by atoms with van der Waals surface area (Å²) in [7, 11) is 0. The molecule has 6 nitrogen and oxygen atoms in total. The summed E-state index contributed by atoms with van der Waals surface area (Å²) in [5.41, 5.74) is 1.84. The van der Waals surface area contributed by atoms with Gasteiger partial charge in [-0.2, -0.15) is 0 Å². The summed E-state index contributed by atoms with van der Waals surface area (Å²) in [6.45, 7) is 2.33. The normalized spacial score (nSPS) is 18.9. The number of fused-ring (bicyclic) bond motifs is 2. The summed E-state index contributed by atoms with van der Waals surface area (Å²) in [5, 5.41) is 2.91. The van der Waals surface area contributed by atoms with Gasteiger partial charge in [0.15, 0.2) is 11.5 Å². The Morgan fingerprint density at radius 1 is 1.16 bits per heavy atom. The van der Waals surface area contributed by atoms with E-state index in [-0.39, 0.29) is 12.0 Å². The van der Waals surface area contributed by atoms with E-state index < -0.39 is 6.10 Å². The molecule has 2 atom stereocenters. The average molecular weight is 337 g/mol. The van der Waals surface area contributed by atoms with Crippen LogP contribution >= 0.6 is 0 Å². The molecule has 4 rings (SSSR count). The molecule has 0 saturated heterocycles. The number of aromatic nitrogens is 2. The van der Waals surface area contributed by atoms with Crippen molar-refractivity contribution in [3.8, 4) is 11.5 Å². The predicted molar refractivity (Wildman–Crippen MR) is 92.9 cm³/mol. The fraction of sp³-hybridized carbons (Fsp3) is 0.263. The van der Waals surface area contributed by atoms with Crippen molar-refractivity contribution in [2.75, 3.05) is 6.54 Å². The molecule has 0 unspecified atom stereocenters. The Morgan fingerprint density at radius 2 is 1.92 bits per heavy atom. The molecule has 128 valence electrons. The van der Waals surface area contributed by atoms with Crippen LogP contribution in [0.1, 0.15) is 12.6 Å². The number of hydrogen-bond donors (Lipinski definition) is 1. The van der Waals surface area contributed by atoms with E-state index in [1.54, 1.807) is 6.07 Å². The van der Waals surface area contributed by atoms with Gasteiger partial charge in [-0.3, -0.25) is 4.79 Å². The van der Waals surface area contributed by atoms with Crippen LogP contribution in [0.25, 0.3) is 5.65 Å². The highest BCUT2D eigenvalue weighted by Crippen LogP contribution is 2.33. The summed E-state index contributed by atoms with van der Waals surface area (Å²) in [4.78, 5) is 17.0. The van der Waals surface area contributed by atoms with Gasteiger partial charge >= 0.3 is 0 Å². The van der Waals surface area contributed by atoms with Crippen LogP contribution in [0, 0.1) is 0 Å². The predicted octanol–water partition coefficient (Wildman–Crippen LogP) is 2.22. The minimum Gasteiger partial charge on any atom is -0.482 e. The number of carbonyl (C=O) groups is 1. The fourth-order valence-electron chi connectivity index (χ4n) is 2.93. The SMILES string of the molecule is C[C@H]1Oc2ccccc2O[C@H]1C(=O)NCCc1cn2ccccc2n1. The van der Waals surface area contributed by atoms with Gasteiger partial charge in [-0.25, -0.2) is 4.98 Å². The average Bonchev–Trinajstić information content (AvgIpc) is 3.03. The topological polar surface area (TPSA) is 64.9 Å². The van der Waals surface area contributed by atoms with Gasteiger partial charge in [0, 0.05) is 25.4 Å². The number of nitrogens with zero attached hydrogens (tertiary/aromatic N) is 2. The van der Waals surface area contributed by atoms with Crippen molar-refractivity contribution in [1.82, 2.24) is 14.7 Å². The molecular formula is C19H19N3O3. The third-order valence-electron chi connectivity index (χ3n) is 4.19. The Bertz CT molecular complexity index is 873. The van der Waals surface area contributed by atoms with E-state index in [0.717, 1.165) is 11.3 Å². The van der Waals surface area contributed by atoms with E-state index in [9.17, 15) is 4.79 Å². The number of ether oxygens (including phenoxy) is 2. The number of rotatable bonds is 4. The smallest absolute Gasteiger partial charge is 0.265 e. The number of carbonyl (C=O) groups excluding carboxylic acids is 1. The molecule has 0 saturated carbocycles. The van der Waals surface area contributed by atoms with Crippen LogP contribution < -0.4 is 14.8 Å². The van der Waals surface area contributed by atoms with Crippen molar-refractivity contribution < 1.29 is 14.3 Å². The van der Waals surface area contributed by atoms with Gasteiger partial charge in [0.25, 0.3) is 5.91 Å². The first-order chi connectivity index (χ1) is 12.2. The minimum atomic E-state index is -0.657. The number of hydrogen-bond acceptors (Lipinski definition) is 4. The third kappa shape index (κ3) is 3.15. The maximum absolute atomic E-state index is 12.4. The van der Waals surface area contributed by atoms with E-state index >= 15 is 0 Å². The molecule has 0 spiro atoms. The van der Waals surface area contributed by atoms with Crippen LogP contribution in [0.5, 0.6) is 11.5 Å². The van der Waals surface area contributed by atoms with E-state index in [2.05, 4.69) is 10.3 Å². The molecule has 25 heavy (non-hydrogen) atoms. The first-order valence-electron chi connectivity index (χ1n) is 8.33. The lowest BCUT2D eigenvalue weighted by Gasteiger charge is -2.30. The van der Waals surface area contributed by atoms with Crippen LogP contribution in [-0.4, -0.2) is 34.0 Å². The molecule has 3 heterocycles. The van der Waals surface area contributed by atoms with E-state index in [4.69, 9.17) is 9.47 Å². The monoisotopic (exact) mass is 337 g/mol. The summed E-state index contributed by atoms with van der Waals surface area (Å²) in [5.74, 6) is 1.09. The number of imidazole rings is 1. The van der Waals surface area contributed by atoms with Gasteiger partial charge in [0.1, 0.15) is 11.8 Å². The summed E-state index contributed by atoms with van der Waals surface area (Å²) < 4.78 is 13.5. The Labute approximate surface area is 145 Å². The Hall–Kier alpha value is -3.02. The van der Waals surface area contributed by atoms with Crippen LogP contribution in [0.4, 0.5) is 0 Å². The van der Waals surface area contributed by atoms with Crippen molar-refractivity contribution >= 4 is 11.6 Å². The lowest BCUT2D eigenvalue weighted by molar-refractivity contribution is -0.133. The zero-order chi connectivity index (χ0) is 17.2. The number of amides is 1. The molecule has 0 aliphatic carbocycles. The second kappa shape index (κ2) is 6.47. The lowest BCUT2D eigenvalue weighted by atomic mass is 10.1. The standard InChI is InChI=1S/C19H19N3O3/c1-13-18(25-16-7-3-2-6-15(16)24-13)19(23)20-10-9-14-12-22-11-5-4-8-17(22)21-14/h2-8,11-13,18H,9-10H2,1H3,(H,20,23)/t13-,18-/m1/s1.